The molecule has 0 aliphatic heterocycles. The van der Waals surface area contributed by atoms with Crippen molar-refractivity contribution in [1.82, 2.24) is 15.5 Å². The molecule has 0 saturated heterocycles. The second kappa shape index (κ2) is 10.4. The van der Waals surface area contributed by atoms with Crippen molar-refractivity contribution < 1.29 is 27.8 Å². The van der Waals surface area contributed by atoms with Gasteiger partial charge in [-0.15, -0.1) is 0 Å². The fourth-order valence-corrected chi connectivity index (χ4v) is 2.53. The molecule has 0 unspecified atom stereocenters. The number of aromatic nitrogens is 2. The highest BCUT2D eigenvalue weighted by atomic mass is 19.4. The van der Waals surface area contributed by atoms with Gasteiger partial charge in [-0.2, -0.15) is 18.3 Å². The maximum Gasteiger partial charge on any atom is 0.490 e. The Morgan fingerprint density at radius 1 is 1.17 bits per heavy atom. The number of benzene rings is 2. The van der Waals surface area contributed by atoms with Crippen molar-refractivity contribution >= 4 is 5.97 Å². The van der Waals surface area contributed by atoms with Crippen LogP contribution in [0.3, 0.4) is 0 Å². The number of halogens is 3. The number of aryl methyl sites for hydroxylation is 1. The minimum Gasteiger partial charge on any atom is -0.492 e. The quantitative estimate of drug-likeness (QED) is 0.517. The Hall–Kier alpha value is -3.33. The molecule has 6 nitrogen and oxygen atoms in total. The molecule has 3 rings (SSSR count). The minimum atomic E-state index is -5.08. The number of likely N-dealkylation sites (N-methyl/N-ethyl adjacent to an activating group) is 1. The second-order valence-electron chi connectivity index (χ2n) is 6.31. The van der Waals surface area contributed by atoms with Crippen LogP contribution in [-0.2, 0) is 4.79 Å². The minimum absolute atomic E-state index is 0.646. The van der Waals surface area contributed by atoms with Crippen LogP contribution in [0.2, 0.25) is 0 Å². The molecule has 1 aromatic heterocycles. The Labute approximate surface area is 171 Å². The molecule has 0 spiro atoms. The molecule has 2 aromatic carbocycles. The zero-order chi connectivity index (χ0) is 22.1. The molecule has 0 aliphatic rings. The van der Waals surface area contributed by atoms with Gasteiger partial charge in [-0.1, -0.05) is 29.8 Å². The number of aromatic amines is 1. The van der Waals surface area contributed by atoms with Gasteiger partial charge in [0.1, 0.15) is 12.4 Å². The summed E-state index contributed by atoms with van der Waals surface area (Å²) in [7, 11) is 1.92. The number of carboxylic acids is 1. The molecule has 1 heterocycles. The van der Waals surface area contributed by atoms with Crippen molar-refractivity contribution in [1.29, 1.82) is 0 Å². The second-order valence-corrected chi connectivity index (χ2v) is 6.31. The molecular weight excluding hydrogens is 399 g/mol. The highest BCUT2D eigenvalue weighted by Gasteiger charge is 2.38. The van der Waals surface area contributed by atoms with E-state index in [-0.39, 0.29) is 0 Å². The average Bonchev–Trinajstić information content (AvgIpc) is 3.24. The summed E-state index contributed by atoms with van der Waals surface area (Å²) in [4.78, 5) is 8.90. The summed E-state index contributed by atoms with van der Waals surface area (Å²) >= 11 is 0. The first kappa shape index (κ1) is 23.0. The molecule has 160 valence electrons. The monoisotopic (exact) mass is 421 g/mol. The summed E-state index contributed by atoms with van der Waals surface area (Å²) < 4.78 is 37.7. The maximum absolute atomic E-state index is 10.6. The number of carbonyl (C=O) groups is 1. The summed E-state index contributed by atoms with van der Waals surface area (Å²) in [6.07, 6.45) is -3.32. The van der Waals surface area contributed by atoms with Crippen LogP contribution < -0.4 is 10.1 Å². The van der Waals surface area contributed by atoms with Gasteiger partial charge in [0.05, 0.1) is 5.69 Å². The number of carboxylic acid groups (broad SMARTS) is 1. The van der Waals surface area contributed by atoms with Crippen molar-refractivity contribution in [3.8, 4) is 28.1 Å². The number of rotatable bonds is 6. The van der Waals surface area contributed by atoms with Crippen LogP contribution in [0, 0.1) is 6.92 Å². The number of H-pyrrole nitrogens is 1. The molecule has 0 atom stereocenters. The van der Waals surface area contributed by atoms with Crippen LogP contribution in [-0.4, -0.2) is 47.6 Å². The maximum atomic E-state index is 10.6. The third-order valence-electron chi connectivity index (χ3n) is 3.97. The fourth-order valence-electron chi connectivity index (χ4n) is 2.53. The van der Waals surface area contributed by atoms with Crippen LogP contribution in [0.25, 0.3) is 22.4 Å². The smallest absolute Gasteiger partial charge is 0.490 e. The van der Waals surface area contributed by atoms with E-state index in [1.807, 2.05) is 19.2 Å². The number of aliphatic carboxylic acids is 1. The largest absolute Gasteiger partial charge is 0.492 e. The van der Waals surface area contributed by atoms with Gasteiger partial charge in [0, 0.05) is 23.9 Å². The van der Waals surface area contributed by atoms with E-state index in [0.29, 0.717) is 6.61 Å². The van der Waals surface area contributed by atoms with Crippen molar-refractivity contribution in [2.75, 3.05) is 20.2 Å². The number of nitrogens with one attached hydrogen (secondary N) is 2. The summed E-state index contributed by atoms with van der Waals surface area (Å²) in [6.45, 7) is 3.56. The molecule has 3 N–H and O–H groups in total. The SMILES string of the molecule is CNCCOc1ccc(C)cc1-c1cccc(-c2ccn[nH]2)c1.O=C(O)C(F)(F)F. The lowest BCUT2D eigenvalue weighted by atomic mass is 9.99. The third-order valence-corrected chi connectivity index (χ3v) is 3.97. The predicted octanol–water partition coefficient (Wildman–Crippen LogP) is 4.28. The first-order valence-electron chi connectivity index (χ1n) is 9.00. The standard InChI is InChI=1S/C19H21N3O.C2HF3O2/c1-14-6-7-19(23-11-10-20-2)17(12-14)15-4-3-5-16(13-15)18-8-9-21-22-18;3-2(4,5)1(6)7/h3-9,12-13,20H,10-11H2,1-2H3,(H,21,22);(H,6,7). The van der Waals surface area contributed by atoms with E-state index in [0.717, 1.165) is 34.7 Å². The summed E-state index contributed by atoms with van der Waals surface area (Å²) in [5, 5.41) is 17.3. The van der Waals surface area contributed by atoms with Crippen molar-refractivity contribution in [2.45, 2.75) is 13.1 Å². The van der Waals surface area contributed by atoms with Gasteiger partial charge >= 0.3 is 12.1 Å². The number of hydrogen-bond acceptors (Lipinski definition) is 4. The van der Waals surface area contributed by atoms with Crippen molar-refractivity contribution in [3.63, 3.8) is 0 Å². The normalized spacial score (nSPS) is 10.8. The first-order chi connectivity index (χ1) is 14.2. The van der Waals surface area contributed by atoms with Crippen LogP contribution in [0.4, 0.5) is 13.2 Å². The van der Waals surface area contributed by atoms with Gasteiger partial charge in [-0.3, -0.25) is 5.10 Å². The van der Waals surface area contributed by atoms with Crippen LogP contribution in [0.5, 0.6) is 5.75 Å². The molecule has 30 heavy (non-hydrogen) atoms. The Morgan fingerprint density at radius 2 is 1.87 bits per heavy atom. The van der Waals surface area contributed by atoms with Gasteiger partial charge in [0.2, 0.25) is 0 Å². The number of hydrogen-bond donors (Lipinski definition) is 3. The molecule has 0 aliphatic carbocycles. The summed E-state index contributed by atoms with van der Waals surface area (Å²) in [5.41, 5.74) is 5.59. The molecule has 0 radical (unpaired) electrons. The molecule has 0 bridgehead atoms. The zero-order valence-electron chi connectivity index (χ0n) is 16.5. The third kappa shape index (κ3) is 6.63. The van der Waals surface area contributed by atoms with E-state index in [4.69, 9.17) is 14.6 Å². The molecule has 9 heteroatoms. The predicted molar refractivity (Wildman–Crippen MR) is 107 cm³/mol. The average molecular weight is 421 g/mol. The van der Waals surface area contributed by atoms with E-state index >= 15 is 0 Å². The van der Waals surface area contributed by atoms with Gasteiger partial charge in [0.25, 0.3) is 0 Å². The highest BCUT2D eigenvalue weighted by molar-refractivity contribution is 5.76. The highest BCUT2D eigenvalue weighted by Crippen LogP contribution is 2.33. The van der Waals surface area contributed by atoms with E-state index < -0.39 is 12.1 Å². The lowest BCUT2D eigenvalue weighted by Crippen LogP contribution is -2.21. The van der Waals surface area contributed by atoms with Crippen LogP contribution in [0.15, 0.2) is 54.7 Å². The van der Waals surface area contributed by atoms with E-state index in [1.54, 1.807) is 6.20 Å². The molecular formula is C21H22F3N3O3. The topological polar surface area (TPSA) is 87.2 Å². The molecule has 0 saturated carbocycles. The van der Waals surface area contributed by atoms with E-state index in [9.17, 15) is 13.2 Å². The Bertz CT molecular complexity index is 958. The van der Waals surface area contributed by atoms with E-state index in [1.165, 1.54) is 5.56 Å². The van der Waals surface area contributed by atoms with Crippen molar-refractivity contribution in [2.24, 2.45) is 0 Å². The Kier molecular flexibility index (Phi) is 7.99. The lowest BCUT2D eigenvalue weighted by molar-refractivity contribution is -0.192. The lowest BCUT2D eigenvalue weighted by Gasteiger charge is -2.13. The van der Waals surface area contributed by atoms with Gasteiger partial charge < -0.3 is 15.2 Å². The molecule has 0 amide bonds. The summed E-state index contributed by atoms with van der Waals surface area (Å²) in [5.74, 6) is -1.85. The van der Waals surface area contributed by atoms with Crippen LogP contribution >= 0.6 is 0 Å². The van der Waals surface area contributed by atoms with E-state index in [2.05, 4.69) is 58.8 Å². The first-order valence-corrected chi connectivity index (χ1v) is 9.00. The zero-order valence-corrected chi connectivity index (χ0v) is 16.5. The fraction of sp³-hybridized carbons (Fsp3) is 0.238. The molecule has 0 fully saturated rings. The van der Waals surface area contributed by atoms with Gasteiger partial charge in [-0.05, 0) is 43.8 Å². The van der Waals surface area contributed by atoms with Crippen LogP contribution in [0.1, 0.15) is 5.56 Å². The van der Waals surface area contributed by atoms with Gasteiger partial charge in [-0.25, -0.2) is 4.79 Å². The number of alkyl halides is 3. The number of ether oxygens (including phenoxy) is 1. The number of nitrogens with zero attached hydrogens (tertiary/aromatic N) is 1. The Morgan fingerprint density at radius 3 is 2.47 bits per heavy atom. The summed E-state index contributed by atoms with van der Waals surface area (Å²) in [6, 6.07) is 16.7. The Balaban J connectivity index is 0.000000396. The van der Waals surface area contributed by atoms with Gasteiger partial charge in [0.15, 0.2) is 0 Å². The molecule has 3 aromatic rings. The van der Waals surface area contributed by atoms with Crippen molar-refractivity contribution in [3.05, 3.63) is 60.3 Å².